The van der Waals surface area contributed by atoms with Crippen molar-refractivity contribution in [2.75, 3.05) is 0 Å². The molecule has 0 bridgehead atoms. The molecule has 2 aliphatic rings. The SMILES string of the molecule is C[C@]12CCC=C[C@@H]1[C@H](c1ccccc1Br)N(Cc1ccccc1)C2=O. The summed E-state index contributed by atoms with van der Waals surface area (Å²) in [6, 6.07) is 18.7. The first kappa shape index (κ1) is 16.6. The zero-order valence-electron chi connectivity index (χ0n) is 14.4. The standard InChI is InChI=1S/C22H22BrNO/c1-22-14-8-7-12-18(22)20(17-11-5-6-13-19(17)23)24(21(22)25)15-16-9-3-2-4-10-16/h2-7,9-13,18,20H,8,14-15H2,1H3/t18-,20+,22+/m1/s1. The van der Waals surface area contributed by atoms with Gasteiger partial charge in [-0.05, 0) is 30.0 Å². The van der Waals surface area contributed by atoms with E-state index in [4.69, 9.17) is 0 Å². The fourth-order valence-corrected chi connectivity index (χ4v) is 4.90. The number of benzene rings is 2. The molecule has 1 amide bonds. The second-order valence-corrected chi connectivity index (χ2v) is 8.15. The number of carbonyl (C=O) groups is 1. The second-order valence-electron chi connectivity index (χ2n) is 7.30. The van der Waals surface area contributed by atoms with Crippen molar-refractivity contribution in [2.24, 2.45) is 11.3 Å². The Bertz CT molecular complexity index is 816. The van der Waals surface area contributed by atoms with Crippen LogP contribution in [0.15, 0.2) is 71.2 Å². The van der Waals surface area contributed by atoms with Gasteiger partial charge in [-0.3, -0.25) is 4.79 Å². The van der Waals surface area contributed by atoms with Gasteiger partial charge >= 0.3 is 0 Å². The molecule has 3 heteroatoms. The van der Waals surface area contributed by atoms with E-state index in [-0.39, 0.29) is 23.3 Å². The van der Waals surface area contributed by atoms with Crippen LogP contribution in [0.4, 0.5) is 0 Å². The highest BCUT2D eigenvalue weighted by atomic mass is 79.9. The maximum atomic E-state index is 13.4. The van der Waals surface area contributed by atoms with Gasteiger partial charge in [0.2, 0.25) is 5.91 Å². The number of likely N-dealkylation sites (tertiary alicyclic amines) is 1. The smallest absolute Gasteiger partial charge is 0.230 e. The summed E-state index contributed by atoms with van der Waals surface area (Å²) in [7, 11) is 0. The van der Waals surface area contributed by atoms with Crippen LogP contribution in [0, 0.1) is 11.3 Å². The number of hydrogen-bond donors (Lipinski definition) is 0. The van der Waals surface area contributed by atoms with Gasteiger partial charge in [-0.25, -0.2) is 0 Å². The van der Waals surface area contributed by atoms with Gasteiger partial charge in [-0.2, -0.15) is 0 Å². The Kier molecular flexibility index (Phi) is 4.28. The fraction of sp³-hybridized carbons (Fsp3) is 0.318. The molecule has 0 spiro atoms. The lowest BCUT2D eigenvalue weighted by Gasteiger charge is -2.32. The molecule has 1 saturated heterocycles. The monoisotopic (exact) mass is 395 g/mol. The van der Waals surface area contributed by atoms with E-state index in [1.807, 2.05) is 24.3 Å². The van der Waals surface area contributed by atoms with Crippen LogP contribution in [0.5, 0.6) is 0 Å². The van der Waals surface area contributed by atoms with Crippen molar-refractivity contribution in [1.29, 1.82) is 0 Å². The summed E-state index contributed by atoms with van der Waals surface area (Å²) in [5.41, 5.74) is 2.08. The Morgan fingerprint density at radius 3 is 2.60 bits per heavy atom. The Labute approximate surface area is 157 Å². The number of halogens is 1. The third-order valence-corrected chi connectivity index (χ3v) is 6.48. The van der Waals surface area contributed by atoms with Crippen LogP contribution >= 0.6 is 15.9 Å². The van der Waals surface area contributed by atoms with E-state index < -0.39 is 0 Å². The van der Waals surface area contributed by atoms with Crippen LogP contribution in [0.3, 0.4) is 0 Å². The van der Waals surface area contributed by atoms with Crippen molar-refractivity contribution in [1.82, 2.24) is 4.90 Å². The van der Waals surface area contributed by atoms with Crippen LogP contribution in [-0.2, 0) is 11.3 Å². The third kappa shape index (κ3) is 2.75. The molecule has 128 valence electrons. The second kappa shape index (κ2) is 6.45. The Hall–Kier alpha value is -1.87. The lowest BCUT2D eigenvalue weighted by Crippen LogP contribution is -2.34. The average Bonchev–Trinajstić information content (AvgIpc) is 2.85. The molecule has 3 atom stereocenters. The minimum Gasteiger partial charge on any atom is -0.330 e. The molecular formula is C22H22BrNO. The minimum absolute atomic E-state index is 0.0739. The highest BCUT2D eigenvalue weighted by Gasteiger charge is 2.56. The minimum atomic E-state index is -0.302. The molecule has 0 aromatic heterocycles. The number of amides is 1. The summed E-state index contributed by atoms with van der Waals surface area (Å²) < 4.78 is 1.08. The molecule has 1 aliphatic carbocycles. The first-order valence-electron chi connectivity index (χ1n) is 8.87. The van der Waals surface area contributed by atoms with E-state index in [2.05, 4.69) is 70.2 Å². The van der Waals surface area contributed by atoms with E-state index in [0.717, 1.165) is 17.3 Å². The van der Waals surface area contributed by atoms with Crippen molar-refractivity contribution >= 4 is 21.8 Å². The maximum absolute atomic E-state index is 13.4. The molecule has 2 nitrogen and oxygen atoms in total. The molecule has 1 fully saturated rings. The first-order valence-corrected chi connectivity index (χ1v) is 9.66. The topological polar surface area (TPSA) is 20.3 Å². The summed E-state index contributed by atoms with van der Waals surface area (Å²) >= 11 is 3.71. The largest absolute Gasteiger partial charge is 0.330 e. The fourth-order valence-electron chi connectivity index (χ4n) is 4.38. The average molecular weight is 396 g/mol. The van der Waals surface area contributed by atoms with E-state index in [0.29, 0.717) is 6.54 Å². The van der Waals surface area contributed by atoms with Gasteiger partial charge in [0.25, 0.3) is 0 Å². The van der Waals surface area contributed by atoms with Gasteiger partial charge in [-0.15, -0.1) is 0 Å². The van der Waals surface area contributed by atoms with Gasteiger partial charge in [0.05, 0.1) is 11.5 Å². The van der Waals surface area contributed by atoms with Gasteiger partial charge in [0, 0.05) is 16.9 Å². The summed E-state index contributed by atoms with van der Waals surface area (Å²) in [6.45, 7) is 2.81. The van der Waals surface area contributed by atoms with Crippen molar-refractivity contribution in [3.05, 3.63) is 82.3 Å². The Morgan fingerprint density at radius 1 is 1.12 bits per heavy atom. The molecule has 2 aromatic rings. The van der Waals surface area contributed by atoms with Crippen LogP contribution < -0.4 is 0 Å². The van der Waals surface area contributed by atoms with E-state index in [1.165, 1.54) is 11.1 Å². The molecule has 0 saturated carbocycles. The molecule has 0 N–H and O–H groups in total. The van der Waals surface area contributed by atoms with Gasteiger partial charge in [-0.1, -0.05) is 83.5 Å². The number of fused-ring (bicyclic) bond motifs is 1. The molecule has 4 rings (SSSR count). The summed E-state index contributed by atoms with van der Waals surface area (Å²) in [5, 5.41) is 0. The normalized spacial score (nSPS) is 28.2. The molecule has 0 radical (unpaired) electrons. The van der Waals surface area contributed by atoms with E-state index in [9.17, 15) is 4.79 Å². The number of carbonyl (C=O) groups excluding carboxylic acids is 1. The lowest BCUT2D eigenvalue weighted by molar-refractivity contribution is -0.137. The van der Waals surface area contributed by atoms with Crippen molar-refractivity contribution in [3.8, 4) is 0 Å². The number of allylic oxidation sites excluding steroid dienone is 1. The predicted molar refractivity (Wildman–Crippen MR) is 104 cm³/mol. The molecule has 0 unspecified atom stereocenters. The van der Waals surface area contributed by atoms with Gasteiger partial charge < -0.3 is 4.90 Å². The molecule has 25 heavy (non-hydrogen) atoms. The van der Waals surface area contributed by atoms with E-state index in [1.54, 1.807) is 0 Å². The summed E-state index contributed by atoms with van der Waals surface area (Å²) in [5.74, 6) is 0.502. The number of rotatable bonds is 3. The van der Waals surface area contributed by atoms with Crippen LogP contribution in [0.2, 0.25) is 0 Å². The van der Waals surface area contributed by atoms with Crippen molar-refractivity contribution in [2.45, 2.75) is 32.4 Å². The predicted octanol–water partition coefficient (Wildman–Crippen LogP) is 5.51. The summed E-state index contributed by atoms with van der Waals surface area (Å²) in [6.07, 6.45) is 6.44. The zero-order valence-corrected chi connectivity index (χ0v) is 15.9. The highest BCUT2D eigenvalue weighted by Crippen LogP contribution is 2.55. The Balaban J connectivity index is 1.80. The van der Waals surface area contributed by atoms with E-state index >= 15 is 0 Å². The molecule has 1 aliphatic heterocycles. The molecular weight excluding hydrogens is 374 g/mol. The molecule has 1 heterocycles. The quantitative estimate of drug-likeness (QED) is 0.627. The number of nitrogens with zero attached hydrogens (tertiary/aromatic N) is 1. The first-order chi connectivity index (χ1) is 12.1. The Morgan fingerprint density at radius 2 is 1.84 bits per heavy atom. The number of hydrogen-bond acceptors (Lipinski definition) is 1. The van der Waals surface area contributed by atoms with Crippen molar-refractivity contribution in [3.63, 3.8) is 0 Å². The van der Waals surface area contributed by atoms with Gasteiger partial charge in [0.1, 0.15) is 0 Å². The highest BCUT2D eigenvalue weighted by molar-refractivity contribution is 9.10. The summed E-state index contributed by atoms with van der Waals surface area (Å²) in [4.78, 5) is 15.5. The third-order valence-electron chi connectivity index (χ3n) is 5.75. The van der Waals surface area contributed by atoms with Crippen LogP contribution in [-0.4, -0.2) is 10.8 Å². The maximum Gasteiger partial charge on any atom is 0.230 e. The molecule has 2 aromatic carbocycles. The lowest BCUT2D eigenvalue weighted by atomic mass is 9.69. The van der Waals surface area contributed by atoms with Crippen LogP contribution in [0.1, 0.15) is 36.9 Å². The van der Waals surface area contributed by atoms with Crippen LogP contribution in [0.25, 0.3) is 0 Å². The van der Waals surface area contributed by atoms with Crippen molar-refractivity contribution < 1.29 is 4.79 Å². The zero-order chi connectivity index (χ0) is 17.4. The van der Waals surface area contributed by atoms with Gasteiger partial charge in [0.15, 0.2) is 0 Å².